The number of para-hydroxylation sites is 1. The molecular weight excluding hydrogens is 286 g/mol. The van der Waals surface area contributed by atoms with Crippen LogP contribution in [0.25, 0.3) is 0 Å². The molecule has 23 heavy (non-hydrogen) atoms. The van der Waals surface area contributed by atoms with Crippen LogP contribution in [0.3, 0.4) is 0 Å². The Morgan fingerprint density at radius 3 is 2.91 bits per heavy atom. The molecule has 1 aromatic carbocycles. The van der Waals surface area contributed by atoms with E-state index >= 15 is 0 Å². The van der Waals surface area contributed by atoms with Gasteiger partial charge in [-0.05, 0) is 36.5 Å². The lowest BCUT2D eigenvalue weighted by Gasteiger charge is -2.28. The molecule has 3 aliphatic rings. The third-order valence-corrected chi connectivity index (χ3v) is 5.19. The summed E-state index contributed by atoms with van der Waals surface area (Å²) >= 11 is 0. The summed E-state index contributed by atoms with van der Waals surface area (Å²) in [6.07, 6.45) is 7.55. The van der Waals surface area contributed by atoms with Gasteiger partial charge in [0.15, 0.2) is 0 Å². The van der Waals surface area contributed by atoms with E-state index < -0.39 is 5.54 Å². The maximum absolute atomic E-state index is 13.0. The van der Waals surface area contributed by atoms with Crippen LogP contribution in [-0.2, 0) is 11.2 Å². The summed E-state index contributed by atoms with van der Waals surface area (Å²) in [5.74, 6) is 0.0686. The molecule has 2 N–H and O–H groups in total. The molecule has 0 spiro atoms. The molecule has 0 aromatic heterocycles. The molecule has 0 radical (unpaired) electrons. The van der Waals surface area contributed by atoms with Gasteiger partial charge in [-0.2, -0.15) is 0 Å². The van der Waals surface area contributed by atoms with Gasteiger partial charge in [-0.3, -0.25) is 9.79 Å². The van der Waals surface area contributed by atoms with E-state index in [0.717, 1.165) is 49.9 Å². The average molecular weight is 309 g/mol. The van der Waals surface area contributed by atoms with E-state index in [2.05, 4.69) is 18.0 Å². The maximum Gasteiger partial charge on any atom is 0.247 e. The number of anilines is 1. The van der Waals surface area contributed by atoms with Crippen molar-refractivity contribution in [1.29, 1.82) is 0 Å². The van der Waals surface area contributed by atoms with Crippen LogP contribution >= 0.6 is 0 Å². The fraction of sp³-hybridized carbons (Fsp3) is 0.474. The number of hydrogen-bond donors (Lipinski definition) is 1. The van der Waals surface area contributed by atoms with Crippen LogP contribution < -0.4 is 10.6 Å². The largest absolute Gasteiger partial charge is 0.317 e. The minimum Gasteiger partial charge on any atom is -0.317 e. The number of fused-ring (bicyclic) bond motifs is 1. The zero-order valence-corrected chi connectivity index (χ0v) is 13.6. The van der Waals surface area contributed by atoms with Crippen LogP contribution in [0.5, 0.6) is 0 Å². The van der Waals surface area contributed by atoms with Crippen LogP contribution in [0.1, 0.15) is 44.6 Å². The van der Waals surface area contributed by atoms with E-state index in [1.165, 1.54) is 11.1 Å². The SMILES string of the molecule is CCCC1=CN=C(C2Cc3ccccc3N2C(=O)C2(N)CC2)C1. The van der Waals surface area contributed by atoms with Gasteiger partial charge in [-0.15, -0.1) is 0 Å². The molecule has 2 heterocycles. The number of allylic oxidation sites excluding steroid dienone is 1. The smallest absolute Gasteiger partial charge is 0.247 e. The second-order valence-corrected chi connectivity index (χ2v) is 7.01. The van der Waals surface area contributed by atoms with Crippen LogP contribution in [0.2, 0.25) is 0 Å². The molecule has 2 aliphatic heterocycles. The second-order valence-electron chi connectivity index (χ2n) is 7.01. The first-order valence-electron chi connectivity index (χ1n) is 8.57. The summed E-state index contributed by atoms with van der Waals surface area (Å²) in [5, 5.41) is 0. The molecule has 1 unspecified atom stereocenters. The Morgan fingerprint density at radius 1 is 1.39 bits per heavy atom. The van der Waals surface area contributed by atoms with Gasteiger partial charge in [-0.1, -0.05) is 31.5 Å². The minimum atomic E-state index is -0.644. The van der Waals surface area contributed by atoms with Crippen molar-refractivity contribution in [3.63, 3.8) is 0 Å². The highest BCUT2D eigenvalue weighted by atomic mass is 16.2. The van der Waals surface area contributed by atoms with Crippen molar-refractivity contribution in [3.8, 4) is 0 Å². The first-order chi connectivity index (χ1) is 11.1. The Balaban J connectivity index is 1.64. The van der Waals surface area contributed by atoms with Crippen molar-refractivity contribution in [2.24, 2.45) is 10.7 Å². The predicted octanol–water partition coefficient (Wildman–Crippen LogP) is 2.96. The zero-order valence-electron chi connectivity index (χ0n) is 13.6. The van der Waals surface area contributed by atoms with Gasteiger partial charge in [0.1, 0.15) is 0 Å². The highest BCUT2D eigenvalue weighted by Crippen LogP contribution is 2.41. The first kappa shape index (κ1) is 14.6. The van der Waals surface area contributed by atoms with Gasteiger partial charge in [0, 0.05) is 30.4 Å². The van der Waals surface area contributed by atoms with E-state index in [0.29, 0.717) is 0 Å². The van der Waals surface area contributed by atoms with Gasteiger partial charge in [0.2, 0.25) is 5.91 Å². The Labute approximate surface area is 137 Å². The summed E-state index contributed by atoms with van der Waals surface area (Å²) in [5.41, 5.74) is 10.3. The third kappa shape index (κ3) is 2.41. The summed E-state index contributed by atoms with van der Waals surface area (Å²) in [6.45, 7) is 2.19. The molecular formula is C19H23N3O. The lowest BCUT2D eigenvalue weighted by Crippen LogP contribution is -2.51. The Hall–Kier alpha value is -1.94. The van der Waals surface area contributed by atoms with E-state index in [1.807, 2.05) is 29.3 Å². The predicted molar refractivity (Wildman–Crippen MR) is 92.6 cm³/mol. The molecule has 4 heteroatoms. The Bertz CT molecular complexity index is 715. The van der Waals surface area contributed by atoms with Crippen LogP contribution in [0.4, 0.5) is 5.69 Å². The fourth-order valence-corrected chi connectivity index (χ4v) is 3.67. The second kappa shape index (κ2) is 5.31. The number of rotatable bonds is 4. The number of aliphatic imine (C=N–C) groups is 1. The molecule has 1 aliphatic carbocycles. The van der Waals surface area contributed by atoms with Gasteiger partial charge < -0.3 is 10.6 Å². The molecule has 120 valence electrons. The van der Waals surface area contributed by atoms with E-state index in [-0.39, 0.29) is 11.9 Å². The highest BCUT2D eigenvalue weighted by molar-refractivity contribution is 6.11. The Kier molecular flexibility index (Phi) is 3.38. The maximum atomic E-state index is 13.0. The molecule has 1 fully saturated rings. The van der Waals surface area contributed by atoms with Crippen molar-refractivity contribution < 1.29 is 4.79 Å². The van der Waals surface area contributed by atoms with Crippen molar-refractivity contribution >= 4 is 17.3 Å². The van der Waals surface area contributed by atoms with Crippen LogP contribution in [0, 0.1) is 0 Å². The lowest BCUT2D eigenvalue weighted by molar-refractivity contribution is -0.120. The molecule has 1 aromatic rings. The van der Waals surface area contributed by atoms with Gasteiger partial charge >= 0.3 is 0 Å². The van der Waals surface area contributed by atoms with Crippen molar-refractivity contribution in [1.82, 2.24) is 0 Å². The van der Waals surface area contributed by atoms with Gasteiger partial charge in [0.05, 0.1) is 11.6 Å². The van der Waals surface area contributed by atoms with E-state index in [4.69, 9.17) is 5.73 Å². The number of hydrogen-bond acceptors (Lipinski definition) is 3. The lowest BCUT2D eigenvalue weighted by atomic mass is 9.99. The topological polar surface area (TPSA) is 58.7 Å². The summed E-state index contributed by atoms with van der Waals surface area (Å²) in [7, 11) is 0. The molecule has 4 rings (SSSR count). The first-order valence-corrected chi connectivity index (χ1v) is 8.57. The summed E-state index contributed by atoms with van der Waals surface area (Å²) in [6, 6.07) is 8.22. The fourth-order valence-electron chi connectivity index (χ4n) is 3.67. The van der Waals surface area contributed by atoms with Gasteiger partial charge in [0.25, 0.3) is 0 Å². The molecule has 4 nitrogen and oxygen atoms in total. The quantitative estimate of drug-likeness (QED) is 0.929. The summed E-state index contributed by atoms with van der Waals surface area (Å²) < 4.78 is 0. The van der Waals surface area contributed by atoms with Crippen molar-refractivity contribution in [2.75, 3.05) is 4.90 Å². The standard InChI is InChI=1S/C19H23N3O/c1-2-5-13-10-15(21-12-13)17-11-14-6-3-4-7-16(14)22(17)18(23)19(20)8-9-19/h3-4,6-7,12,17H,2,5,8-11,20H2,1H3. The zero-order chi connectivity index (χ0) is 16.0. The highest BCUT2D eigenvalue weighted by Gasteiger charge is 2.52. The van der Waals surface area contributed by atoms with Crippen LogP contribution in [0.15, 0.2) is 41.0 Å². The number of nitrogens with two attached hydrogens (primary N) is 1. The number of amides is 1. The average Bonchev–Trinajstić information content (AvgIpc) is 3.00. The molecule has 0 bridgehead atoms. The normalized spacial score (nSPS) is 24.3. The van der Waals surface area contributed by atoms with Gasteiger partial charge in [-0.25, -0.2) is 0 Å². The minimum absolute atomic E-state index is 0.0338. The van der Waals surface area contributed by atoms with Crippen molar-refractivity contribution in [3.05, 3.63) is 41.6 Å². The van der Waals surface area contributed by atoms with Crippen LogP contribution in [-0.4, -0.2) is 23.2 Å². The number of carbonyl (C=O) groups is 1. The molecule has 1 amide bonds. The monoisotopic (exact) mass is 309 g/mol. The molecule has 1 atom stereocenters. The molecule has 0 saturated heterocycles. The number of carbonyl (C=O) groups excluding carboxylic acids is 1. The van der Waals surface area contributed by atoms with Crippen molar-refractivity contribution in [2.45, 2.75) is 57.0 Å². The third-order valence-electron chi connectivity index (χ3n) is 5.19. The molecule has 1 saturated carbocycles. The summed E-state index contributed by atoms with van der Waals surface area (Å²) in [4.78, 5) is 19.6. The Morgan fingerprint density at radius 2 is 2.17 bits per heavy atom. The van der Waals surface area contributed by atoms with E-state index in [1.54, 1.807) is 0 Å². The number of nitrogens with zero attached hydrogens (tertiary/aromatic N) is 2. The van der Waals surface area contributed by atoms with E-state index in [9.17, 15) is 4.79 Å². The number of benzene rings is 1.